The Kier molecular flexibility index (Phi) is 6.11. The van der Waals surface area contributed by atoms with Gasteiger partial charge in [0.1, 0.15) is 11.8 Å². The molecule has 0 unspecified atom stereocenters. The van der Waals surface area contributed by atoms with Crippen LogP contribution in [0, 0.1) is 6.92 Å². The Hall–Kier alpha value is -1.95. The Morgan fingerprint density at radius 1 is 1.60 bits per heavy atom. The molecule has 0 bridgehead atoms. The summed E-state index contributed by atoms with van der Waals surface area (Å²) < 4.78 is 0. The first-order valence-electron chi connectivity index (χ1n) is 6.63. The molecule has 0 spiro atoms. The van der Waals surface area contributed by atoms with E-state index in [2.05, 4.69) is 9.98 Å². The second-order valence-electron chi connectivity index (χ2n) is 4.61. The number of hydrogen-bond acceptors (Lipinski definition) is 5. The minimum absolute atomic E-state index is 0.148. The van der Waals surface area contributed by atoms with Crippen LogP contribution in [0.25, 0.3) is 0 Å². The predicted octanol–water partition coefficient (Wildman–Crippen LogP) is 1.27. The first-order chi connectivity index (χ1) is 9.47. The summed E-state index contributed by atoms with van der Waals surface area (Å²) in [5.41, 5.74) is 7.58. The zero-order valence-electron chi connectivity index (χ0n) is 11.8. The summed E-state index contributed by atoms with van der Waals surface area (Å²) in [6.07, 6.45) is 5.09. The minimum atomic E-state index is -0.996. The van der Waals surface area contributed by atoms with Gasteiger partial charge in [0, 0.05) is 24.5 Å². The topological polar surface area (TPSA) is 109 Å². The number of aliphatic imine (C=N–C) groups is 1. The average molecular weight is 279 g/mol. The Balaban J connectivity index is 2.62. The average Bonchev–Trinajstić information content (AvgIpc) is 2.42. The van der Waals surface area contributed by atoms with Crippen molar-refractivity contribution in [3.8, 4) is 5.75 Å². The van der Waals surface area contributed by atoms with Crippen LogP contribution in [-0.4, -0.2) is 40.0 Å². The van der Waals surface area contributed by atoms with Gasteiger partial charge in [-0.3, -0.25) is 14.8 Å². The zero-order valence-corrected chi connectivity index (χ0v) is 11.8. The quantitative estimate of drug-likeness (QED) is 0.514. The van der Waals surface area contributed by atoms with E-state index in [1.807, 2.05) is 6.92 Å². The van der Waals surface area contributed by atoms with E-state index in [0.29, 0.717) is 30.6 Å². The summed E-state index contributed by atoms with van der Waals surface area (Å²) in [4.78, 5) is 18.9. The van der Waals surface area contributed by atoms with Crippen molar-refractivity contribution in [1.82, 2.24) is 4.98 Å². The summed E-state index contributed by atoms with van der Waals surface area (Å²) in [6.45, 7) is 4.19. The fourth-order valence-electron chi connectivity index (χ4n) is 1.76. The molecule has 6 nitrogen and oxygen atoms in total. The van der Waals surface area contributed by atoms with Crippen molar-refractivity contribution in [2.24, 2.45) is 10.7 Å². The number of carboxylic acid groups (broad SMARTS) is 1. The van der Waals surface area contributed by atoms with Gasteiger partial charge in [0.25, 0.3) is 0 Å². The SMILES string of the molecule is CCc1cnc(C)c(O)c1C=NCCC[C@H](N)C(=O)O. The lowest BCUT2D eigenvalue weighted by Crippen LogP contribution is -2.29. The van der Waals surface area contributed by atoms with Crippen LogP contribution in [0.4, 0.5) is 0 Å². The molecular formula is C14H21N3O3. The number of carbonyl (C=O) groups is 1. The molecule has 20 heavy (non-hydrogen) atoms. The molecule has 1 heterocycles. The molecule has 0 radical (unpaired) electrons. The van der Waals surface area contributed by atoms with Gasteiger partial charge in [-0.15, -0.1) is 0 Å². The first kappa shape index (κ1) is 16.1. The van der Waals surface area contributed by atoms with Crippen LogP contribution in [0.5, 0.6) is 5.75 Å². The number of nitrogens with two attached hydrogens (primary N) is 1. The van der Waals surface area contributed by atoms with Gasteiger partial charge < -0.3 is 15.9 Å². The van der Waals surface area contributed by atoms with E-state index < -0.39 is 12.0 Å². The van der Waals surface area contributed by atoms with Gasteiger partial charge in [-0.25, -0.2) is 0 Å². The number of nitrogens with zero attached hydrogens (tertiary/aromatic N) is 2. The summed E-state index contributed by atoms with van der Waals surface area (Å²) in [5, 5.41) is 18.6. The number of rotatable bonds is 7. The lowest BCUT2D eigenvalue weighted by molar-refractivity contribution is -0.138. The molecule has 110 valence electrons. The molecule has 0 aromatic carbocycles. The van der Waals surface area contributed by atoms with Gasteiger partial charge in [-0.2, -0.15) is 0 Å². The number of aromatic hydroxyl groups is 1. The van der Waals surface area contributed by atoms with Gasteiger partial charge >= 0.3 is 5.97 Å². The molecule has 1 aromatic rings. The Morgan fingerprint density at radius 3 is 2.90 bits per heavy atom. The van der Waals surface area contributed by atoms with Crippen LogP contribution in [0.15, 0.2) is 11.2 Å². The third kappa shape index (κ3) is 4.31. The third-order valence-corrected chi connectivity index (χ3v) is 3.08. The largest absolute Gasteiger partial charge is 0.505 e. The number of carboxylic acids is 1. The van der Waals surface area contributed by atoms with Crippen LogP contribution < -0.4 is 5.73 Å². The molecule has 1 rings (SSSR count). The van der Waals surface area contributed by atoms with E-state index in [1.54, 1.807) is 19.3 Å². The number of aromatic nitrogens is 1. The van der Waals surface area contributed by atoms with E-state index in [9.17, 15) is 9.90 Å². The zero-order chi connectivity index (χ0) is 15.1. The number of pyridine rings is 1. The normalized spacial score (nSPS) is 12.8. The fraction of sp³-hybridized carbons (Fsp3) is 0.500. The van der Waals surface area contributed by atoms with Crippen molar-refractivity contribution in [3.63, 3.8) is 0 Å². The lowest BCUT2D eigenvalue weighted by Gasteiger charge is -2.07. The fourth-order valence-corrected chi connectivity index (χ4v) is 1.76. The maximum Gasteiger partial charge on any atom is 0.320 e. The molecule has 0 fully saturated rings. The molecule has 0 saturated carbocycles. The number of aliphatic carboxylic acids is 1. The molecule has 0 amide bonds. The van der Waals surface area contributed by atoms with Crippen LogP contribution >= 0.6 is 0 Å². The Bertz CT molecular complexity index is 501. The first-order valence-corrected chi connectivity index (χ1v) is 6.63. The van der Waals surface area contributed by atoms with E-state index in [1.165, 1.54) is 0 Å². The maximum absolute atomic E-state index is 10.5. The van der Waals surface area contributed by atoms with Crippen molar-refractivity contribution in [3.05, 3.63) is 23.0 Å². The van der Waals surface area contributed by atoms with Gasteiger partial charge in [0.15, 0.2) is 0 Å². The Labute approximate surface area is 118 Å². The Morgan fingerprint density at radius 2 is 2.30 bits per heavy atom. The highest BCUT2D eigenvalue weighted by molar-refractivity contribution is 5.85. The van der Waals surface area contributed by atoms with Crippen molar-refractivity contribution >= 4 is 12.2 Å². The van der Waals surface area contributed by atoms with E-state index in [0.717, 1.165) is 12.0 Å². The van der Waals surface area contributed by atoms with Gasteiger partial charge in [0.05, 0.1) is 5.69 Å². The van der Waals surface area contributed by atoms with Gasteiger partial charge in [-0.05, 0) is 31.7 Å². The summed E-state index contributed by atoms with van der Waals surface area (Å²) in [5.74, 6) is -0.847. The molecule has 1 aromatic heterocycles. The van der Waals surface area contributed by atoms with Crippen molar-refractivity contribution in [1.29, 1.82) is 0 Å². The second kappa shape index (κ2) is 7.59. The highest BCUT2D eigenvalue weighted by Gasteiger charge is 2.10. The van der Waals surface area contributed by atoms with E-state index in [-0.39, 0.29) is 5.75 Å². The number of aryl methyl sites for hydroxylation is 2. The van der Waals surface area contributed by atoms with E-state index >= 15 is 0 Å². The molecular weight excluding hydrogens is 258 g/mol. The van der Waals surface area contributed by atoms with E-state index in [4.69, 9.17) is 10.8 Å². The van der Waals surface area contributed by atoms with Crippen LogP contribution in [0.2, 0.25) is 0 Å². The van der Waals surface area contributed by atoms with Crippen LogP contribution in [0.1, 0.15) is 36.6 Å². The van der Waals surface area contributed by atoms with Crippen LogP contribution in [-0.2, 0) is 11.2 Å². The molecule has 0 aliphatic carbocycles. The molecule has 0 aliphatic rings. The summed E-state index contributed by atoms with van der Waals surface area (Å²) in [7, 11) is 0. The monoisotopic (exact) mass is 279 g/mol. The second-order valence-corrected chi connectivity index (χ2v) is 4.61. The standard InChI is InChI=1S/C14H21N3O3/c1-3-10-7-17-9(2)13(18)11(10)8-16-6-4-5-12(15)14(19)20/h7-8,12,18H,3-6,15H2,1-2H3,(H,19,20)/t12-/m0/s1. The third-order valence-electron chi connectivity index (χ3n) is 3.08. The molecule has 0 saturated heterocycles. The lowest BCUT2D eigenvalue weighted by atomic mass is 10.1. The molecule has 4 N–H and O–H groups in total. The summed E-state index contributed by atoms with van der Waals surface area (Å²) in [6, 6.07) is -0.840. The van der Waals surface area contributed by atoms with Gasteiger partial charge in [0.2, 0.25) is 0 Å². The van der Waals surface area contributed by atoms with Crippen LogP contribution in [0.3, 0.4) is 0 Å². The summed E-state index contributed by atoms with van der Waals surface area (Å²) >= 11 is 0. The number of hydrogen-bond donors (Lipinski definition) is 3. The van der Waals surface area contributed by atoms with Gasteiger partial charge in [-0.1, -0.05) is 6.92 Å². The predicted molar refractivity (Wildman–Crippen MR) is 77.3 cm³/mol. The maximum atomic E-state index is 10.5. The van der Waals surface area contributed by atoms with Crippen molar-refractivity contribution in [2.45, 2.75) is 39.2 Å². The highest BCUT2D eigenvalue weighted by Crippen LogP contribution is 2.22. The minimum Gasteiger partial charge on any atom is -0.505 e. The highest BCUT2D eigenvalue weighted by atomic mass is 16.4. The molecule has 0 aliphatic heterocycles. The van der Waals surface area contributed by atoms with Crippen molar-refractivity contribution < 1.29 is 15.0 Å². The van der Waals surface area contributed by atoms with Crippen molar-refractivity contribution in [2.75, 3.05) is 6.54 Å². The molecule has 6 heteroatoms. The molecule has 1 atom stereocenters. The smallest absolute Gasteiger partial charge is 0.320 e.